The first-order valence-corrected chi connectivity index (χ1v) is 9.77. The van der Waals surface area contributed by atoms with Gasteiger partial charge in [-0.05, 0) is 25.1 Å². The molecule has 0 saturated carbocycles. The highest BCUT2D eigenvalue weighted by molar-refractivity contribution is 6.33. The lowest BCUT2D eigenvalue weighted by Gasteiger charge is -2.35. The van der Waals surface area contributed by atoms with Crippen LogP contribution in [0.4, 0.5) is 10.2 Å². The molecule has 3 aromatic rings. The van der Waals surface area contributed by atoms with Gasteiger partial charge in [0.1, 0.15) is 18.0 Å². The van der Waals surface area contributed by atoms with E-state index in [0.717, 1.165) is 17.1 Å². The van der Waals surface area contributed by atoms with Gasteiger partial charge in [-0.25, -0.2) is 14.4 Å². The average Bonchev–Trinajstić information content (AvgIpc) is 2.76. The molecule has 0 unspecified atom stereocenters. The Bertz CT molecular complexity index is 1030. The number of carbonyl (C=O) groups is 1. The normalized spacial score (nSPS) is 14.2. The third-order valence-electron chi connectivity index (χ3n) is 5.05. The van der Waals surface area contributed by atoms with Crippen molar-refractivity contribution >= 4 is 23.3 Å². The lowest BCUT2D eigenvalue weighted by atomic mass is 10.1. The van der Waals surface area contributed by atoms with Crippen LogP contribution in [0.15, 0.2) is 54.9 Å². The molecule has 0 aliphatic carbocycles. The zero-order chi connectivity index (χ0) is 20.4. The van der Waals surface area contributed by atoms with Crippen LogP contribution in [0, 0.1) is 12.7 Å². The molecular formula is C22H20ClFN4O. The van der Waals surface area contributed by atoms with Crippen LogP contribution in [0.2, 0.25) is 5.02 Å². The second kappa shape index (κ2) is 8.17. The summed E-state index contributed by atoms with van der Waals surface area (Å²) in [7, 11) is 0. The molecule has 148 valence electrons. The topological polar surface area (TPSA) is 49.3 Å². The second-order valence-corrected chi connectivity index (χ2v) is 7.44. The summed E-state index contributed by atoms with van der Waals surface area (Å²) in [5, 5.41) is 0.261. The highest BCUT2D eigenvalue weighted by Gasteiger charge is 2.24. The van der Waals surface area contributed by atoms with Gasteiger partial charge in [-0.15, -0.1) is 0 Å². The summed E-state index contributed by atoms with van der Waals surface area (Å²) in [6.07, 6.45) is 1.56. The van der Waals surface area contributed by atoms with Crippen LogP contribution < -0.4 is 4.90 Å². The number of hydrogen-bond acceptors (Lipinski definition) is 4. The number of rotatable bonds is 3. The third-order valence-corrected chi connectivity index (χ3v) is 5.38. The number of hydrogen-bond donors (Lipinski definition) is 0. The van der Waals surface area contributed by atoms with Crippen molar-refractivity contribution in [1.82, 2.24) is 14.9 Å². The fourth-order valence-electron chi connectivity index (χ4n) is 3.37. The van der Waals surface area contributed by atoms with Crippen molar-refractivity contribution in [3.05, 3.63) is 76.8 Å². The van der Waals surface area contributed by atoms with Crippen LogP contribution in [0.5, 0.6) is 0 Å². The molecule has 1 saturated heterocycles. The zero-order valence-electron chi connectivity index (χ0n) is 16.0. The maximum Gasteiger partial charge on any atom is 0.255 e. The Labute approximate surface area is 173 Å². The fraction of sp³-hybridized carbons (Fsp3) is 0.227. The van der Waals surface area contributed by atoms with Gasteiger partial charge < -0.3 is 9.80 Å². The standard InChI is InChI=1S/C22H20ClFN4O/c1-15-2-4-16(5-3-15)20-13-21(26-14-25-20)27-8-10-28(11-9-27)22(29)18-12-17(24)6-7-19(18)23/h2-7,12-14H,8-11H2,1H3. The number of aryl methyl sites for hydroxylation is 1. The summed E-state index contributed by atoms with van der Waals surface area (Å²) in [5.41, 5.74) is 3.29. The summed E-state index contributed by atoms with van der Waals surface area (Å²) in [6, 6.07) is 14.0. The van der Waals surface area contributed by atoms with Gasteiger partial charge in [-0.3, -0.25) is 4.79 Å². The lowest BCUT2D eigenvalue weighted by molar-refractivity contribution is 0.0746. The predicted octanol–water partition coefficient (Wildman–Crippen LogP) is 4.21. The van der Waals surface area contributed by atoms with Crippen LogP contribution >= 0.6 is 11.6 Å². The van der Waals surface area contributed by atoms with E-state index >= 15 is 0 Å². The minimum absolute atomic E-state index is 0.198. The third kappa shape index (κ3) is 4.22. The van der Waals surface area contributed by atoms with E-state index < -0.39 is 5.82 Å². The quantitative estimate of drug-likeness (QED) is 0.649. The first-order chi connectivity index (χ1) is 14.0. The van der Waals surface area contributed by atoms with Gasteiger partial charge in [-0.1, -0.05) is 41.4 Å². The van der Waals surface area contributed by atoms with Gasteiger partial charge in [-0.2, -0.15) is 0 Å². The summed E-state index contributed by atoms with van der Waals surface area (Å²) in [4.78, 5) is 25.3. The van der Waals surface area contributed by atoms with Crippen LogP contribution in [0.3, 0.4) is 0 Å². The molecule has 0 bridgehead atoms. The molecule has 1 aromatic heterocycles. The summed E-state index contributed by atoms with van der Waals surface area (Å²) >= 11 is 6.08. The fourth-order valence-corrected chi connectivity index (χ4v) is 3.57. The zero-order valence-corrected chi connectivity index (χ0v) is 16.7. The van der Waals surface area contributed by atoms with E-state index in [0.29, 0.717) is 26.2 Å². The van der Waals surface area contributed by atoms with Crippen LogP contribution in [0.1, 0.15) is 15.9 Å². The Kier molecular flexibility index (Phi) is 5.45. The van der Waals surface area contributed by atoms with Gasteiger partial charge in [0, 0.05) is 37.8 Å². The first-order valence-electron chi connectivity index (χ1n) is 9.39. The molecule has 4 rings (SSSR count). The van der Waals surface area contributed by atoms with E-state index in [9.17, 15) is 9.18 Å². The van der Waals surface area contributed by atoms with Crippen LogP contribution in [0.25, 0.3) is 11.3 Å². The van der Waals surface area contributed by atoms with E-state index in [2.05, 4.69) is 27.0 Å². The van der Waals surface area contributed by atoms with Gasteiger partial charge in [0.15, 0.2) is 0 Å². The van der Waals surface area contributed by atoms with Crippen molar-refractivity contribution in [2.24, 2.45) is 0 Å². The molecule has 5 nitrogen and oxygen atoms in total. The minimum Gasteiger partial charge on any atom is -0.353 e. The summed E-state index contributed by atoms with van der Waals surface area (Å²) in [5.74, 6) is 0.102. The first kappa shape index (κ1) is 19.3. The maximum absolute atomic E-state index is 13.5. The molecule has 0 N–H and O–H groups in total. The Balaban J connectivity index is 1.46. The van der Waals surface area contributed by atoms with Gasteiger partial charge in [0.25, 0.3) is 5.91 Å². The van der Waals surface area contributed by atoms with Crippen molar-refractivity contribution in [1.29, 1.82) is 0 Å². The highest BCUT2D eigenvalue weighted by Crippen LogP contribution is 2.23. The predicted molar refractivity (Wildman–Crippen MR) is 112 cm³/mol. The molecule has 29 heavy (non-hydrogen) atoms. The number of nitrogens with zero attached hydrogens (tertiary/aromatic N) is 4. The largest absolute Gasteiger partial charge is 0.353 e. The number of halogens is 2. The van der Waals surface area contributed by atoms with E-state index in [-0.39, 0.29) is 16.5 Å². The minimum atomic E-state index is -0.471. The monoisotopic (exact) mass is 410 g/mol. The molecule has 1 fully saturated rings. The van der Waals surface area contributed by atoms with Crippen molar-refractivity contribution in [3.63, 3.8) is 0 Å². The Morgan fingerprint density at radius 1 is 1.00 bits per heavy atom. The number of amides is 1. The Morgan fingerprint density at radius 2 is 1.72 bits per heavy atom. The molecule has 0 spiro atoms. The van der Waals surface area contributed by atoms with Crippen molar-refractivity contribution < 1.29 is 9.18 Å². The van der Waals surface area contributed by atoms with Crippen molar-refractivity contribution in [3.8, 4) is 11.3 Å². The number of aromatic nitrogens is 2. The molecule has 1 aliphatic heterocycles. The highest BCUT2D eigenvalue weighted by atomic mass is 35.5. The number of piperazine rings is 1. The number of anilines is 1. The molecule has 2 aromatic carbocycles. The average molecular weight is 411 g/mol. The Morgan fingerprint density at radius 3 is 2.45 bits per heavy atom. The molecule has 1 amide bonds. The number of benzene rings is 2. The van der Waals surface area contributed by atoms with Crippen molar-refractivity contribution in [2.75, 3.05) is 31.1 Å². The smallest absolute Gasteiger partial charge is 0.255 e. The Hall–Kier alpha value is -2.99. The van der Waals surface area contributed by atoms with Crippen molar-refractivity contribution in [2.45, 2.75) is 6.92 Å². The summed E-state index contributed by atoms with van der Waals surface area (Å²) in [6.45, 7) is 4.32. The van der Waals surface area contributed by atoms with E-state index in [4.69, 9.17) is 11.6 Å². The van der Waals surface area contributed by atoms with E-state index in [1.54, 1.807) is 11.2 Å². The molecular weight excluding hydrogens is 391 g/mol. The van der Waals surface area contributed by atoms with Gasteiger partial charge >= 0.3 is 0 Å². The molecule has 0 atom stereocenters. The molecule has 7 heteroatoms. The molecule has 2 heterocycles. The lowest BCUT2D eigenvalue weighted by Crippen LogP contribution is -2.49. The number of carbonyl (C=O) groups excluding carboxylic acids is 1. The second-order valence-electron chi connectivity index (χ2n) is 7.03. The van der Waals surface area contributed by atoms with Crippen LogP contribution in [-0.4, -0.2) is 47.0 Å². The van der Waals surface area contributed by atoms with E-state index in [1.807, 2.05) is 25.1 Å². The van der Waals surface area contributed by atoms with E-state index in [1.165, 1.54) is 23.8 Å². The van der Waals surface area contributed by atoms with Gasteiger partial charge in [0.05, 0.1) is 16.3 Å². The van der Waals surface area contributed by atoms with Gasteiger partial charge in [0.2, 0.25) is 0 Å². The SMILES string of the molecule is Cc1ccc(-c2cc(N3CCN(C(=O)c4cc(F)ccc4Cl)CC3)ncn2)cc1. The molecule has 1 aliphatic rings. The summed E-state index contributed by atoms with van der Waals surface area (Å²) < 4.78 is 13.5. The molecule has 0 radical (unpaired) electrons. The van der Waals surface area contributed by atoms with Crippen LogP contribution in [-0.2, 0) is 0 Å². The maximum atomic E-state index is 13.5.